The summed E-state index contributed by atoms with van der Waals surface area (Å²) in [4.78, 5) is 30.4. The molecular weight excluding hydrogens is 344 g/mol. The number of carbonyl (C=O) groups excluding carboxylic acids is 1. The van der Waals surface area contributed by atoms with Gasteiger partial charge >= 0.3 is 0 Å². The van der Waals surface area contributed by atoms with E-state index in [1.165, 1.54) is 24.5 Å². The van der Waals surface area contributed by atoms with Gasteiger partial charge in [0.1, 0.15) is 0 Å². The van der Waals surface area contributed by atoms with Crippen molar-refractivity contribution in [1.29, 1.82) is 0 Å². The number of aromatic amines is 1. The highest BCUT2D eigenvalue weighted by Crippen LogP contribution is 2.47. The number of aromatic nitrogens is 2. The number of amides is 1. The fourth-order valence-electron chi connectivity index (χ4n) is 3.64. The molecule has 1 spiro atoms. The van der Waals surface area contributed by atoms with Crippen LogP contribution >= 0.6 is 0 Å². The molecular formula is C16H18N4O4S. The number of fused-ring (bicyclic) bond motifs is 1. The molecule has 1 atom stereocenters. The van der Waals surface area contributed by atoms with Gasteiger partial charge in [0, 0.05) is 6.54 Å². The predicted octanol–water partition coefficient (Wildman–Crippen LogP) is 0.260. The standard InChI is InChI=1S/C16H18N4O4S/c21-14-11-6-10(2-3-12(11)18-9-19-14)25(23,24)20-15(22)13-7-16(8-17-13)4-1-5-16/h2-3,6,9,13,17H,1,4-5,7-8H2,(H,20,22)(H,18,19,21). The molecule has 1 aliphatic heterocycles. The number of H-pyrrole nitrogens is 1. The summed E-state index contributed by atoms with van der Waals surface area (Å²) in [6.45, 7) is 0.752. The second-order valence-corrected chi connectivity index (χ2v) is 8.55. The first-order chi connectivity index (χ1) is 11.9. The largest absolute Gasteiger partial charge is 0.313 e. The Labute approximate surface area is 144 Å². The first-order valence-electron chi connectivity index (χ1n) is 8.16. The first kappa shape index (κ1) is 16.2. The molecule has 0 radical (unpaired) electrons. The highest BCUT2D eigenvalue weighted by atomic mass is 32.2. The zero-order valence-electron chi connectivity index (χ0n) is 13.4. The fourth-order valence-corrected chi connectivity index (χ4v) is 4.68. The summed E-state index contributed by atoms with van der Waals surface area (Å²) in [7, 11) is -4.05. The van der Waals surface area contributed by atoms with Crippen LogP contribution < -0.4 is 15.6 Å². The number of rotatable bonds is 3. The SMILES string of the molecule is O=C(NS(=O)(=O)c1ccc2nc[nH]c(=O)c2c1)C1CC2(CCC2)CN1. The van der Waals surface area contributed by atoms with Crippen molar-refractivity contribution in [2.24, 2.45) is 5.41 Å². The minimum atomic E-state index is -4.05. The Kier molecular flexibility index (Phi) is 3.66. The van der Waals surface area contributed by atoms with E-state index in [4.69, 9.17) is 0 Å². The minimum absolute atomic E-state index is 0.136. The monoisotopic (exact) mass is 362 g/mol. The van der Waals surface area contributed by atoms with Crippen LogP contribution in [0.1, 0.15) is 25.7 Å². The number of hydrogen-bond donors (Lipinski definition) is 3. The Morgan fingerprint density at radius 3 is 2.80 bits per heavy atom. The average Bonchev–Trinajstić information content (AvgIpc) is 3.01. The third-order valence-corrected chi connectivity index (χ3v) is 6.59. The number of carbonyl (C=O) groups is 1. The van der Waals surface area contributed by atoms with Gasteiger partial charge in [-0.2, -0.15) is 0 Å². The minimum Gasteiger partial charge on any atom is -0.313 e. The Bertz CT molecular complexity index is 1010. The maximum absolute atomic E-state index is 12.5. The zero-order chi connectivity index (χ0) is 17.7. The van der Waals surface area contributed by atoms with E-state index in [2.05, 4.69) is 20.0 Å². The van der Waals surface area contributed by atoms with Gasteiger partial charge in [0.25, 0.3) is 21.5 Å². The Hall–Kier alpha value is -2.26. The van der Waals surface area contributed by atoms with Gasteiger partial charge in [-0.3, -0.25) is 9.59 Å². The van der Waals surface area contributed by atoms with Crippen LogP contribution in [0.4, 0.5) is 0 Å². The number of nitrogens with zero attached hydrogens (tertiary/aromatic N) is 1. The molecule has 2 aromatic rings. The van der Waals surface area contributed by atoms with E-state index >= 15 is 0 Å². The molecule has 1 aromatic heterocycles. The normalized spacial score (nSPS) is 22.0. The van der Waals surface area contributed by atoms with E-state index in [0.29, 0.717) is 11.9 Å². The summed E-state index contributed by atoms with van der Waals surface area (Å²) < 4.78 is 27.1. The van der Waals surface area contributed by atoms with Crippen molar-refractivity contribution >= 4 is 26.8 Å². The third kappa shape index (κ3) is 2.83. The molecule has 1 unspecified atom stereocenters. The molecule has 132 valence electrons. The molecule has 1 aromatic carbocycles. The number of hydrogen-bond acceptors (Lipinski definition) is 6. The molecule has 1 aliphatic carbocycles. The zero-order valence-corrected chi connectivity index (χ0v) is 14.2. The van der Waals surface area contributed by atoms with Gasteiger partial charge in [-0.1, -0.05) is 6.42 Å². The van der Waals surface area contributed by atoms with Gasteiger partial charge in [0.05, 0.1) is 28.2 Å². The highest BCUT2D eigenvalue weighted by Gasteiger charge is 2.45. The summed E-state index contributed by atoms with van der Waals surface area (Å²) >= 11 is 0. The molecule has 1 saturated carbocycles. The molecule has 1 saturated heterocycles. The molecule has 3 N–H and O–H groups in total. The number of nitrogens with one attached hydrogen (secondary N) is 3. The van der Waals surface area contributed by atoms with E-state index in [9.17, 15) is 18.0 Å². The number of sulfonamides is 1. The van der Waals surface area contributed by atoms with Gasteiger partial charge in [-0.15, -0.1) is 0 Å². The summed E-state index contributed by atoms with van der Waals surface area (Å²) in [5.74, 6) is -0.552. The Balaban J connectivity index is 1.56. The first-order valence-corrected chi connectivity index (χ1v) is 9.64. The van der Waals surface area contributed by atoms with Crippen LogP contribution in [0, 0.1) is 5.41 Å². The van der Waals surface area contributed by atoms with Crippen molar-refractivity contribution in [3.63, 3.8) is 0 Å². The van der Waals surface area contributed by atoms with Crippen molar-refractivity contribution in [2.45, 2.75) is 36.6 Å². The van der Waals surface area contributed by atoms with Gasteiger partial charge < -0.3 is 10.3 Å². The van der Waals surface area contributed by atoms with Crippen molar-refractivity contribution in [1.82, 2.24) is 20.0 Å². The molecule has 2 fully saturated rings. The maximum atomic E-state index is 12.5. The summed E-state index contributed by atoms with van der Waals surface area (Å²) in [5.41, 5.74) is 0.115. The second kappa shape index (κ2) is 5.63. The lowest BCUT2D eigenvalue weighted by atomic mass is 9.67. The van der Waals surface area contributed by atoms with Crippen LogP contribution in [-0.4, -0.2) is 36.9 Å². The molecule has 2 heterocycles. The van der Waals surface area contributed by atoms with E-state index < -0.39 is 27.5 Å². The van der Waals surface area contributed by atoms with Crippen molar-refractivity contribution in [3.05, 3.63) is 34.9 Å². The van der Waals surface area contributed by atoms with Crippen LogP contribution in [0.5, 0.6) is 0 Å². The maximum Gasteiger partial charge on any atom is 0.264 e. The van der Waals surface area contributed by atoms with Crippen LogP contribution in [0.25, 0.3) is 10.9 Å². The van der Waals surface area contributed by atoms with E-state index in [-0.39, 0.29) is 15.7 Å². The van der Waals surface area contributed by atoms with E-state index in [0.717, 1.165) is 25.8 Å². The van der Waals surface area contributed by atoms with Crippen LogP contribution in [0.15, 0.2) is 34.2 Å². The van der Waals surface area contributed by atoms with Gasteiger partial charge in [0.2, 0.25) is 0 Å². The van der Waals surface area contributed by atoms with Crippen molar-refractivity contribution in [3.8, 4) is 0 Å². The van der Waals surface area contributed by atoms with Gasteiger partial charge in [0.15, 0.2) is 0 Å². The van der Waals surface area contributed by atoms with Gasteiger partial charge in [-0.25, -0.2) is 18.1 Å². The number of benzene rings is 1. The lowest BCUT2D eigenvalue weighted by molar-refractivity contribution is -0.121. The van der Waals surface area contributed by atoms with Crippen molar-refractivity contribution in [2.75, 3.05) is 6.54 Å². The Morgan fingerprint density at radius 2 is 2.12 bits per heavy atom. The topological polar surface area (TPSA) is 121 Å². The smallest absolute Gasteiger partial charge is 0.264 e. The van der Waals surface area contributed by atoms with Crippen molar-refractivity contribution < 1.29 is 13.2 Å². The molecule has 8 nitrogen and oxygen atoms in total. The van der Waals surface area contributed by atoms with E-state index in [1.54, 1.807) is 0 Å². The van der Waals surface area contributed by atoms with Crippen LogP contribution in [-0.2, 0) is 14.8 Å². The van der Waals surface area contributed by atoms with Crippen LogP contribution in [0.3, 0.4) is 0 Å². The lowest BCUT2D eigenvalue weighted by Crippen LogP contribution is -2.43. The molecule has 0 bridgehead atoms. The fraction of sp³-hybridized carbons (Fsp3) is 0.438. The highest BCUT2D eigenvalue weighted by molar-refractivity contribution is 7.90. The molecule has 4 rings (SSSR count). The summed E-state index contributed by atoms with van der Waals surface area (Å²) in [5, 5.41) is 3.28. The average molecular weight is 362 g/mol. The third-order valence-electron chi connectivity index (χ3n) is 5.25. The molecule has 1 amide bonds. The molecule has 2 aliphatic rings. The summed E-state index contributed by atoms with van der Waals surface area (Å²) in [6, 6.07) is 3.51. The van der Waals surface area contributed by atoms with Crippen LogP contribution in [0.2, 0.25) is 0 Å². The predicted molar refractivity (Wildman–Crippen MR) is 90.4 cm³/mol. The molecule has 9 heteroatoms. The Morgan fingerprint density at radius 1 is 1.32 bits per heavy atom. The van der Waals surface area contributed by atoms with Gasteiger partial charge in [-0.05, 0) is 42.9 Å². The summed E-state index contributed by atoms with van der Waals surface area (Å²) in [6.07, 6.45) is 5.24. The quantitative estimate of drug-likeness (QED) is 0.720. The lowest BCUT2D eigenvalue weighted by Gasteiger charge is -2.37. The molecule has 25 heavy (non-hydrogen) atoms. The van der Waals surface area contributed by atoms with E-state index in [1.807, 2.05) is 0 Å². The second-order valence-electron chi connectivity index (χ2n) is 6.87.